The molecule has 0 aliphatic carbocycles. The van der Waals surface area contributed by atoms with Crippen LogP contribution in [0.2, 0.25) is 5.02 Å². The van der Waals surface area contributed by atoms with Gasteiger partial charge in [-0.05, 0) is 70.6 Å². The molecule has 0 atom stereocenters. The number of ether oxygens (including phenoxy) is 1. The number of nitrogens with zero attached hydrogens (tertiary/aromatic N) is 2. The highest BCUT2D eigenvalue weighted by atomic mass is 35.5. The lowest BCUT2D eigenvalue weighted by molar-refractivity contribution is 0.0489. The Balaban J connectivity index is 1.45. The van der Waals surface area contributed by atoms with Gasteiger partial charge in [0.05, 0.1) is 23.0 Å². The number of allylic oxidation sites excluding steroid dienone is 2. The van der Waals surface area contributed by atoms with Gasteiger partial charge >= 0.3 is 5.97 Å². The molecule has 0 aliphatic rings. The molecule has 0 saturated carbocycles. The van der Waals surface area contributed by atoms with Gasteiger partial charge in [-0.15, -0.1) is 0 Å². The molecule has 222 valence electrons. The molecule has 0 aliphatic heterocycles. The van der Waals surface area contributed by atoms with Gasteiger partial charge in [0.25, 0.3) is 0 Å². The molecule has 1 aromatic heterocycles. The fourth-order valence-electron chi connectivity index (χ4n) is 5.10. The van der Waals surface area contributed by atoms with Crippen LogP contribution in [-0.2, 0) is 4.74 Å². The number of hydrogen-bond acceptors (Lipinski definition) is 3. The Morgan fingerprint density at radius 3 is 2.02 bits per heavy atom. The van der Waals surface area contributed by atoms with E-state index in [1.165, 1.54) is 76.2 Å². The highest BCUT2D eigenvalue weighted by Crippen LogP contribution is 2.32. The number of esters is 1. The quantitative estimate of drug-likeness (QED) is 0.0859. The molecule has 0 spiro atoms. The Bertz CT molecular complexity index is 1240. The second kappa shape index (κ2) is 17.9. The first-order valence-electron chi connectivity index (χ1n) is 15.7. The molecule has 0 fully saturated rings. The summed E-state index contributed by atoms with van der Waals surface area (Å²) in [7, 11) is 0. The Kier molecular flexibility index (Phi) is 14.2. The fraction of sp³-hybridized carbons (Fsp3) is 0.500. The minimum absolute atomic E-state index is 0.339. The number of hydrogen-bond donors (Lipinski definition) is 0. The molecule has 0 bridgehead atoms. The second-order valence-electron chi connectivity index (χ2n) is 11.3. The minimum Gasteiger partial charge on any atom is -0.461 e. The van der Waals surface area contributed by atoms with Gasteiger partial charge in [-0.1, -0.05) is 118 Å². The summed E-state index contributed by atoms with van der Waals surface area (Å²) >= 11 is 6.62. The largest absolute Gasteiger partial charge is 0.461 e. The molecule has 0 unspecified atom stereocenters. The third kappa shape index (κ3) is 10.5. The van der Waals surface area contributed by atoms with E-state index in [0.717, 1.165) is 40.9 Å². The second-order valence-corrected chi connectivity index (χ2v) is 11.7. The lowest BCUT2D eigenvalue weighted by atomic mass is 10.0. The van der Waals surface area contributed by atoms with E-state index in [-0.39, 0.29) is 5.97 Å². The average molecular weight is 577 g/mol. The third-order valence-electron chi connectivity index (χ3n) is 7.61. The van der Waals surface area contributed by atoms with Crippen molar-refractivity contribution < 1.29 is 9.53 Å². The summed E-state index contributed by atoms with van der Waals surface area (Å²) in [6, 6.07) is 14.1. The molecule has 3 aromatic rings. The zero-order chi connectivity index (χ0) is 29.5. The smallest absolute Gasteiger partial charge is 0.359 e. The Morgan fingerprint density at radius 1 is 0.805 bits per heavy atom. The Morgan fingerprint density at radius 2 is 1.39 bits per heavy atom. The van der Waals surface area contributed by atoms with Crippen LogP contribution in [0.3, 0.4) is 0 Å². The van der Waals surface area contributed by atoms with Gasteiger partial charge < -0.3 is 4.74 Å². The molecular weight excluding hydrogens is 528 g/mol. The summed E-state index contributed by atoms with van der Waals surface area (Å²) in [5.41, 5.74) is 5.95. The van der Waals surface area contributed by atoms with Gasteiger partial charge in [0, 0.05) is 11.1 Å². The zero-order valence-electron chi connectivity index (χ0n) is 25.7. The molecule has 2 aromatic carbocycles. The molecule has 0 N–H and O–H groups in total. The number of benzene rings is 2. The van der Waals surface area contributed by atoms with E-state index in [1.54, 1.807) is 4.68 Å². The zero-order valence-corrected chi connectivity index (χ0v) is 26.4. The molecule has 0 amide bonds. The van der Waals surface area contributed by atoms with E-state index in [4.69, 9.17) is 21.4 Å². The number of rotatable bonds is 18. The third-order valence-corrected chi connectivity index (χ3v) is 7.91. The van der Waals surface area contributed by atoms with Crippen molar-refractivity contribution in [2.45, 2.75) is 111 Å². The maximum Gasteiger partial charge on any atom is 0.359 e. The van der Waals surface area contributed by atoms with E-state index in [1.807, 2.05) is 32.0 Å². The first-order valence-corrected chi connectivity index (χ1v) is 16.1. The van der Waals surface area contributed by atoms with Gasteiger partial charge in [-0.25, -0.2) is 9.48 Å². The van der Waals surface area contributed by atoms with Crippen molar-refractivity contribution in [3.05, 3.63) is 82.0 Å². The van der Waals surface area contributed by atoms with Crippen molar-refractivity contribution in [1.82, 2.24) is 9.78 Å². The monoisotopic (exact) mass is 576 g/mol. The number of aromatic nitrogens is 2. The van der Waals surface area contributed by atoms with Crippen molar-refractivity contribution in [2.75, 3.05) is 6.61 Å². The highest BCUT2D eigenvalue weighted by Gasteiger charge is 2.24. The normalized spacial score (nSPS) is 11.4. The van der Waals surface area contributed by atoms with Crippen LogP contribution in [-0.4, -0.2) is 22.4 Å². The van der Waals surface area contributed by atoms with E-state index in [0.29, 0.717) is 17.3 Å². The molecule has 1 heterocycles. The predicted octanol–water partition coefficient (Wildman–Crippen LogP) is 10.9. The van der Waals surface area contributed by atoms with Crippen LogP contribution in [0, 0.1) is 20.8 Å². The van der Waals surface area contributed by atoms with Crippen LogP contribution < -0.4 is 0 Å². The average Bonchev–Trinajstić information content (AvgIpc) is 3.29. The van der Waals surface area contributed by atoms with E-state index < -0.39 is 0 Å². The van der Waals surface area contributed by atoms with Crippen molar-refractivity contribution in [2.24, 2.45) is 0 Å². The van der Waals surface area contributed by atoms with Gasteiger partial charge in [-0.2, -0.15) is 5.10 Å². The topological polar surface area (TPSA) is 44.1 Å². The number of carbonyl (C=O) groups is 1. The van der Waals surface area contributed by atoms with Crippen LogP contribution in [0.25, 0.3) is 16.9 Å². The maximum atomic E-state index is 13.1. The van der Waals surface area contributed by atoms with Crippen molar-refractivity contribution in [1.29, 1.82) is 0 Å². The van der Waals surface area contributed by atoms with E-state index in [2.05, 4.69) is 50.3 Å². The molecule has 0 radical (unpaired) electrons. The number of halogens is 1. The standard InChI is InChI=1S/C36H49ClN2O2/c1-5-6-7-8-9-10-11-12-13-14-15-16-17-18-19-26-41-36(40)34-30(4)35(31-23-20-28(2)21-24-31)39(38-34)33-25-22-29(3)27-32(33)37/h11-12,20-25,27H,5-10,13-19,26H2,1-4H3/b12-11+. The Hall–Kier alpha value is -2.85. The molecule has 3 rings (SSSR count). The number of unbranched alkanes of at least 4 members (excludes halogenated alkanes) is 11. The van der Waals surface area contributed by atoms with Crippen molar-refractivity contribution >= 4 is 17.6 Å². The summed E-state index contributed by atoms with van der Waals surface area (Å²) in [6.45, 7) is 8.67. The van der Waals surface area contributed by atoms with Crippen LogP contribution in [0.15, 0.2) is 54.6 Å². The maximum absolute atomic E-state index is 13.1. The van der Waals surface area contributed by atoms with E-state index in [9.17, 15) is 4.79 Å². The number of aryl methyl sites for hydroxylation is 2. The summed E-state index contributed by atoms with van der Waals surface area (Å²) in [5, 5.41) is 5.31. The molecule has 5 heteroatoms. The first-order chi connectivity index (χ1) is 19.9. The van der Waals surface area contributed by atoms with Gasteiger partial charge in [0.2, 0.25) is 0 Å². The highest BCUT2D eigenvalue weighted by molar-refractivity contribution is 6.32. The SMILES string of the molecule is CCCCCCC/C=C/CCCCCCCCOC(=O)c1nn(-c2ccc(C)cc2Cl)c(-c2ccc(C)cc2)c1C. The predicted molar refractivity (Wildman–Crippen MR) is 173 cm³/mol. The fourth-order valence-corrected chi connectivity index (χ4v) is 5.42. The lowest BCUT2D eigenvalue weighted by Crippen LogP contribution is -2.09. The van der Waals surface area contributed by atoms with Crippen molar-refractivity contribution in [3.63, 3.8) is 0 Å². The minimum atomic E-state index is -0.380. The van der Waals surface area contributed by atoms with Gasteiger partial charge in [-0.3, -0.25) is 0 Å². The van der Waals surface area contributed by atoms with Crippen molar-refractivity contribution in [3.8, 4) is 16.9 Å². The molecular formula is C36H49ClN2O2. The summed E-state index contributed by atoms with van der Waals surface area (Å²) in [5.74, 6) is -0.380. The first kappa shape index (κ1) is 32.7. The Labute approximate surface area is 253 Å². The lowest BCUT2D eigenvalue weighted by Gasteiger charge is -2.11. The molecule has 0 saturated heterocycles. The number of carbonyl (C=O) groups excluding carboxylic acids is 1. The van der Waals surface area contributed by atoms with Crippen LogP contribution in [0.1, 0.15) is 118 Å². The summed E-state index contributed by atoms with van der Waals surface area (Å²) in [6.07, 6.45) is 20.8. The summed E-state index contributed by atoms with van der Waals surface area (Å²) < 4.78 is 7.45. The molecule has 4 nitrogen and oxygen atoms in total. The molecule has 41 heavy (non-hydrogen) atoms. The summed E-state index contributed by atoms with van der Waals surface area (Å²) in [4.78, 5) is 13.1. The van der Waals surface area contributed by atoms with Gasteiger partial charge in [0.15, 0.2) is 5.69 Å². The van der Waals surface area contributed by atoms with Crippen LogP contribution >= 0.6 is 11.6 Å². The van der Waals surface area contributed by atoms with E-state index >= 15 is 0 Å². The van der Waals surface area contributed by atoms with Gasteiger partial charge in [0.1, 0.15) is 0 Å². The van der Waals surface area contributed by atoms with Crippen LogP contribution in [0.5, 0.6) is 0 Å². The van der Waals surface area contributed by atoms with Crippen LogP contribution in [0.4, 0.5) is 0 Å².